The number of rotatable bonds is 3. The Morgan fingerprint density at radius 1 is 1.57 bits per heavy atom. The maximum Gasteiger partial charge on any atom is 0.223 e. The molecule has 0 spiro atoms. The van der Waals surface area contributed by atoms with Gasteiger partial charge in [-0.25, -0.2) is 9.97 Å². The number of halogens is 1. The zero-order valence-electron chi connectivity index (χ0n) is 8.26. The van der Waals surface area contributed by atoms with E-state index in [1.807, 2.05) is 13.0 Å². The fourth-order valence-electron chi connectivity index (χ4n) is 1.64. The SMILES string of the molecule is Cc1ccnc(NC2(CCl)CCC2)n1. The van der Waals surface area contributed by atoms with Crippen molar-refractivity contribution in [3.05, 3.63) is 18.0 Å². The van der Waals surface area contributed by atoms with Crippen LogP contribution in [-0.4, -0.2) is 21.4 Å². The molecule has 1 N–H and O–H groups in total. The zero-order valence-corrected chi connectivity index (χ0v) is 9.01. The quantitative estimate of drug-likeness (QED) is 0.781. The van der Waals surface area contributed by atoms with Crippen molar-refractivity contribution >= 4 is 17.5 Å². The van der Waals surface area contributed by atoms with Crippen molar-refractivity contribution in [2.45, 2.75) is 31.7 Å². The van der Waals surface area contributed by atoms with Gasteiger partial charge >= 0.3 is 0 Å². The highest BCUT2D eigenvalue weighted by Crippen LogP contribution is 2.35. The van der Waals surface area contributed by atoms with Gasteiger partial charge in [-0.3, -0.25) is 0 Å². The van der Waals surface area contributed by atoms with E-state index in [2.05, 4.69) is 15.3 Å². The van der Waals surface area contributed by atoms with Gasteiger partial charge in [0.1, 0.15) is 0 Å². The van der Waals surface area contributed by atoms with Crippen LogP contribution in [-0.2, 0) is 0 Å². The van der Waals surface area contributed by atoms with Crippen molar-refractivity contribution < 1.29 is 0 Å². The molecule has 1 saturated carbocycles. The number of hydrogen-bond acceptors (Lipinski definition) is 3. The number of aryl methyl sites for hydroxylation is 1. The van der Waals surface area contributed by atoms with Crippen LogP contribution >= 0.6 is 11.6 Å². The molecule has 1 aromatic heterocycles. The Balaban J connectivity index is 2.09. The van der Waals surface area contributed by atoms with E-state index in [0.29, 0.717) is 11.8 Å². The van der Waals surface area contributed by atoms with Gasteiger partial charge in [-0.15, -0.1) is 11.6 Å². The van der Waals surface area contributed by atoms with Crippen LogP contribution in [0, 0.1) is 6.92 Å². The topological polar surface area (TPSA) is 37.8 Å². The molecular formula is C10H14ClN3. The molecule has 2 rings (SSSR count). The largest absolute Gasteiger partial charge is 0.348 e. The van der Waals surface area contributed by atoms with E-state index in [1.165, 1.54) is 6.42 Å². The fraction of sp³-hybridized carbons (Fsp3) is 0.600. The predicted octanol–water partition coefficient (Wildman–Crippen LogP) is 2.36. The second kappa shape index (κ2) is 3.73. The maximum absolute atomic E-state index is 5.93. The third-order valence-electron chi connectivity index (χ3n) is 2.74. The first-order valence-electron chi connectivity index (χ1n) is 4.88. The molecule has 0 bridgehead atoms. The summed E-state index contributed by atoms with van der Waals surface area (Å²) in [6.45, 7) is 1.96. The first-order valence-corrected chi connectivity index (χ1v) is 5.41. The molecule has 3 nitrogen and oxygen atoms in total. The number of hydrogen-bond donors (Lipinski definition) is 1. The Morgan fingerprint density at radius 3 is 2.86 bits per heavy atom. The van der Waals surface area contributed by atoms with Gasteiger partial charge in [0.15, 0.2) is 0 Å². The molecule has 1 aliphatic carbocycles. The molecule has 0 aliphatic heterocycles. The van der Waals surface area contributed by atoms with Crippen LogP contribution in [0.25, 0.3) is 0 Å². The number of aromatic nitrogens is 2. The molecule has 4 heteroatoms. The van der Waals surface area contributed by atoms with Gasteiger partial charge in [-0.1, -0.05) is 0 Å². The summed E-state index contributed by atoms with van der Waals surface area (Å²) in [6.07, 6.45) is 5.25. The highest BCUT2D eigenvalue weighted by Gasteiger charge is 2.36. The molecule has 0 atom stereocenters. The van der Waals surface area contributed by atoms with Gasteiger partial charge < -0.3 is 5.32 Å². The van der Waals surface area contributed by atoms with Crippen LogP contribution < -0.4 is 5.32 Å². The summed E-state index contributed by atoms with van der Waals surface area (Å²) >= 11 is 5.93. The first kappa shape index (κ1) is 9.71. The minimum atomic E-state index is 0.0509. The predicted molar refractivity (Wildman–Crippen MR) is 57.7 cm³/mol. The third kappa shape index (κ3) is 1.82. The number of anilines is 1. The van der Waals surface area contributed by atoms with Crippen molar-refractivity contribution in [2.24, 2.45) is 0 Å². The standard InChI is InChI=1S/C10H14ClN3/c1-8-3-6-12-9(13-8)14-10(7-11)4-2-5-10/h3,6H,2,4-5,7H2,1H3,(H,12,13,14). The lowest BCUT2D eigenvalue weighted by Crippen LogP contribution is -2.47. The van der Waals surface area contributed by atoms with Gasteiger partial charge in [0.05, 0.1) is 5.54 Å². The summed E-state index contributed by atoms with van der Waals surface area (Å²) in [6, 6.07) is 1.89. The van der Waals surface area contributed by atoms with E-state index in [4.69, 9.17) is 11.6 Å². The van der Waals surface area contributed by atoms with Crippen LogP contribution in [0.1, 0.15) is 25.0 Å². The second-order valence-electron chi connectivity index (χ2n) is 3.91. The molecule has 1 heterocycles. The lowest BCUT2D eigenvalue weighted by atomic mass is 9.78. The van der Waals surface area contributed by atoms with E-state index in [1.54, 1.807) is 6.20 Å². The summed E-state index contributed by atoms with van der Waals surface area (Å²) in [7, 11) is 0. The molecule has 1 fully saturated rings. The van der Waals surface area contributed by atoms with Crippen LogP contribution in [0.4, 0.5) is 5.95 Å². The molecular weight excluding hydrogens is 198 g/mol. The Hall–Kier alpha value is -0.830. The summed E-state index contributed by atoms with van der Waals surface area (Å²) < 4.78 is 0. The minimum absolute atomic E-state index is 0.0509. The highest BCUT2D eigenvalue weighted by molar-refractivity contribution is 6.18. The van der Waals surface area contributed by atoms with E-state index in [-0.39, 0.29) is 5.54 Å². The normalized spacial score (nSPS) is 18.7. The molecule has 0 unspecified atom stereocenters. The van der Waals surface area contributed by atoms with Crippen molar-refractivity contribution in [1.29, 1.82) is 0 Å². The van der Waals surface area contributed by atoms with Gasteiger partial charge in [0.2, 0.25) is 5.95 Å². The van der Waals surface area contributed by atoms with Crippen molar-refractivity contribution in [3.63, 3.8) is 0 Å². The van der Waals surface area contributed by atoms with E-state index < -0.39 is 0 Å². The summed E-state index contributed by atoms with van der Waals surface area (Å²) in [4.78, 5) is 8.48. The van der Waals surface area contributed by atoms with E-state index in [0.717, 1.165) is 18.5 Å². The maximum atomic E-state index is 5.93. The van der Waals surface area contributed by atoms with Crippen LogP contribution in [0.5, 0.6) is 0 Å². The average Bonchev–Trinajstić information content (AvgIpc) is 2.11. The van der Waals surface area contributed by atoms with Gasteiger partial charge in [0, 0.05) is 17.8 Å². The first-order chi connectivity index (χ1) is 6.74. The van der Waals surface area contributed by atoms with Crippen LogP contribution in [0.2, 0.25) is 0 Å². The second-order valence-corrected chi connectivity index (χ2v) is 4.18. The molecule has 0 amide bonds. The number of alkyl halides is 1. The minimum Gasteiger partial charge on any atom is -0.348 e. The van der Waals surface area contributed by atoms with Crippen LogP contribution in [0.3, 0.4) is 0 Å². The molecule has 14 heavy (non-hydrogen) atoms. The average molecular weight is 212 g/mol. The summed E-state index contributed by atoms with van der Waals surface area (Å²) in [5.41, 5.74) is 1.03. The van der Waals surface area contributed by atoms with Crippen molar-refractivity contribution in [2.75, 3.05) is 11.2 Å². The monoisotopic (exact) mass is 211 g/mol. The highest BCUT2D eigenvalue weighted by atomic mass is 35.5. The fourth-order valence-corrected chi connectivity index (χ4v) is 1.98. The Bertz CT molecular complexity index is 317. The van der Waals surface area contributed by atoms with E-state index >= 15 is 0 Å². The lowest BCUT2D eigenvalue weighted by Gasteiger charge is -2.40. The molecule has 0 aromatic carbocycles. The third-order valence-corrected chi connectivity index (χ3v) is 3.25. The molecule has 0 radical (unpaired) electrons. The Labute approximate surface area is 88.9 Å². The Morgan fingerprint density at radius 2 is 2.36 bits per heavy atom. The van der Waals surface area contributed by atoms with Gasteiger partial charge in [-0.05, 0) is 32.3 Å². The van der Waals surface area contributed by atoms with Crippen molar-refractivity contribution in [3.8, 4) is 0 Å². The smallest absolute Gasteiger partial charge is 0.223 e. The lowest BCUT2D eigenvalue weighted by molar-refractivity contribution is 0.309. The van der Waals surface area contributed by atoms with Crippen molar-refractivity contribution in [1.82, 2.24) is 9.97 Å². The van der Waals surface area contributed by atoms with E-state index in [9.17, 15) is 0 Å². The van der Waals surface area contributed by atoms with Gasteiger partial charge in [-0.2, -0.15) is 0 Å². The number of nitrogens with zero attached hydrogens (tertiary/aromatic N) is 2. The molecule has 76 valence electrons. The Kier molecular flexibility index (Phi) is 2.59. The summed E-state index contributed by atoms with van der Waals surface area (Å²) in [5, 5.41) is 3.33. The van der Waals surface area contributed by atoms with Gasteiger partial charge in [0.25, 0.3) is 0 Å². The zero-order chi connectivity index (χ0) is 10.0. The molecule has 1 aliphatic rings. The van der Waals surface area contributed by atoms with Crippen LogP contribution in [0.15, 0.2) is 12.3 Å². The summed E-state index contributed by atoms with van der Waals surface area (Å²) in [5.74, 6) is 1.33. The molecule has 0 saturated heterocycles. The number of nitrogens with one attached hydrogen (secondary N) is 1. The molecule has 1 aromatic rings.